The molecule has 0 aromatic carbocycles. The topological polar surface area (TPSA) is 37.3 Å². The Morgan fingerprint density at radius 1 is 1.88 bits per heavy atom. The number of carbonyl (C=O) groups is 1. The lowest BCUT2D eigenvalue weighted by molar-refractivity contribution is -0.138. The maximum absolute atomic E-state index is 10.2. The summed E-state index contributed by atoms with van der Waals surface area (Å²) in [5.41, 5.74) is 0. The van der Waals surface area contributed by atoms with E-state index in [2.05, 4.69) is 31.9 Å². The lowest BCUT2D eigenvalue weighted by Gasteiger charge is -2.10. The Balaban J connectivity index is 3.91. The monoisotopic (exact) mass is 244 g/mol. The highest BCUT2D eigenvalue weighted by molar-refractivity contribution is 9.12. The zero-order valence-electron chi connectivity index (χ0n) is 4.32. The van der Waals surface area contributed by atoms with Crippen molar-refractivity contribution in [2.45, 2.75) is 11.2 Å². The first-order valence-electron chi connectivity index (χ1n) is 1.99. The molecule has 1 unspecified atom stereocenters. The molecule has 0 heterocycles. The summed E-state index contributed by atoms with van der Waals surface area (Å²) in [6, 6.07) is 0. The van der Waals surface area contributed by atoms with E-state index in [9.17, 15) is 4.79 Å². The first-order chi connectivity index (χ1) is 3.50. The standard InChI is InChI=1S/C4H6Br2O2/c1-4(6,2-5)3(7)8/h2H2,1H3,(H,7,8). The molecule has 4 heteroatoms. The van der Waals surface area contributed by atoms with Crippen LogP contribution in [0.1, 0.15) is 6.92 Å². The van der Waals surface area contributed by atoms with Gasteiger partial charge in [-0.05, 0) is 6.92 Å². The van der Waals surface area contributed by atoms with Gasteiger partial charge in [0, 0.05) is 5.33 Å². The van der Waals surface area contributed by atoms with Crippen LogP contribution >= 0.6 is 31.9 Å². The van der Waals surface area contributed by atoms with Gasteiger partial charge in [-0.25, -0.2) is 0 Å². The van der Waals surface area contributed by atoms with Crippen LogP contribution in [0, 0.1) is 0 Å². The number of hydrogen-bond acceptors (Lipinski definition) is 1. The van der Waals surface area contributed by atoms with Crippen LogP contribution in [0.4, 0.5) is 0 Å². The molecule has 0 rings (SSSR count). The van der Waals surface area contributed by atoms with Crippen molar-refractivity contribution in [1.82, 2.24) is 0 Å². The minimum Gasteiger partial charge on any atom is -0.480 e. The molecular formula is C4H6Br2O2. The van der Waals surface area contributed by atoms with Gasteiger partial charge in [0.25, 0.3) is 0 Å². The van der Waals surface area contributed by atoms with Gasteiger partial charge in [-0.1, -0.05) is 31.9 Å². The van der Waals surface area contributed by atoms with Crippen LogP contribution in [-0.4, -0.2) is 20.7 Å². The Hall–Kier alpha value is 0.430. The zero-order valence-corrected chi connectivity index (χ0v) is 7.49. The van der Waals surface area contributed by atoms with Gasteiger partial charge in [0.2, 0.25) is 0 Å². The molecule has 0 fully saturated rings. The van der Waals surface area contributed by atoms with E-state index in [0.29, 0.717) is 5.33 Å². The number of alkyl halides is 2. The molecule has 8 heavy (non-hydrogen) atoms. The first kappa shape index (κ1) is 8.43. The number of aliphatic carboxylic acids is 1. The molecule has 1 atom stereocenters. The second-order valence-electron chi connectivity index (χ2n) is 1.64. The lowest BCUT2D eigenvalue weighted by Crippen LogP contribution is -2.29. The van der Waals surface area contributed by atoms with Crippen molar-refractivity contribution in [1.29, 1.82) is 0 Å². The number of carboxylic acids is 1. The molecule has 0 aromatic rings. The Morgan fingerprint density at radius 2 is 2.25 bits per heavy atom. The van der Waals surface area contributed by atoms with E-state index in [1.807, 2.05) is 0 Å². The van der Waals surface area contributed by atoms with Gasteiger partial charge in [0.05, 0.1) is 0 Å². The molecule has 0 bridgehead atoms. The summed E-state index contributed by atoms with van der Waals surface area (Å²) >= 11 is 6.04. The second-order valence-corrected chi connectivity index (χ2v) is 3.95. The second kappa shape index (κ2) is 2.82. The summed E-state index contributed by atoms with van der Waals surface area (Å²) in [7, 11) is 0. The predicted octanol–water partition coefficient (Wildman–Crippen LogP) is 1.62. The van der Waals surface area contributed by atoms with E-state index in [0.717, 1.165) is 0 Å². The molecule has 0 aliphatic rings. The Labute approximate surface area is 64.5 Å². The number of halogens is 2. The highest BCUT2D eigenvalue weighted by atomic mass is 79.9. The maximum Gasteiger partial charge on any atom is 0.321 e. The molecule has 0 radical (unpaired) electrons. The number of hydrogen-bond donors (Lipinski definition) is 1. The molecule has 0 saturated heterocycles. The third kappa shape index (κ3) is 2.13. The average Bonchev–Trinajstić information content (AvgIpc) is 1.67. The summed E-state index contributed by atoms with van der Waals surface area (Å²) in [5.74, 6) is -0.852. The molecule has 48 valence electrons. The van der Waals surface area contributed by atoms with Crippen molar-refractivity contribution in [3.63, 3.8) is 0 Å². The Kier molecular flexibility index (Phi) is 2.98. The van der Waals surface area contributed by atoms with Crippen molar-refractivity contribution in [2.24, 2.45) is 0 Å². The van der Waals surface area contributed by atoms with Crippen molar-refractivity contribution < 1.29 is 9.90 Å². The Morgan fingerprint density at radius 3 is 2.25 bits per heavy atom. The first-order valence-corrected chi connectivity index (χ1v) is 3.90. The lowest BCUT2D eigenvalue weighted by atomic mass is 10.2. The molecule has 0 spiro atoms. The van der Waals surface area contributed by atoms with Gasteiger partial charge < -0.3 is 5.11 Å². The fraction of sp³-hybridized carbons (Fsp3) is 0.750. The Bertz CT molecular complexity index is 100. The van der Waals surface area contributed by atoms with E-state index in [-0.39, 0.29) is 0 Å². The van der Waals surface area contributed by atoms with E-state index >= 15 is 0 Å². The van der Waals surface area contributed by atoms with Gasteiger partial charge in [0.1, 0.15) is 4.32 Å². The molecule has 0 amide bonds. The smallest absolute Gasteiger partial charge is 0.321 e. The molecule has 0 aliphatic heterocycles. The summed E-state index contributed by atoms with van der Waals surface area (Å²) in [6.07, 6.45) is 0. The van der Waals surface area contributed by atoms with Crippen LogP contribution in [0.3, 0.4) is 0 Å². The van der Waals surface area contributed by atoms with Crippen LogP contribution in [0.5, 0.6) is 0 Å². The van der Waals surface area contributed by atoms with E-state index in [1.165, 1.54) is 0 Å². The minimum atomic E-state index is -0.852. The highest BCUT2D eigenvalue weighted by Gasteiger charge is 2.27. The predicted molar refractivity (Wildman–Crippen MR) is 38.8 cm³/mol. The highest BCUT2D eigenvalue weighted by Crippen LogP contribution is 2.19. The van der Waals surface area contributed by atoms with Crippen LogP contribution in [0.15, 0.2) is 0 Å². The molecule has 2 nitrogen and oxygen atoms in total. The summed E-state index contributed by atoms with van der Waals surface area (Å²) in [4.78, 5) is 10.2. The summed E-state index contributed by atoms with van der Waals surface area (Å²) in [6.45, 7) is 1.59. The zero-order chi connectivity index (χ0) is 6.78. The van der Waals surface area contributed by atoms with Crippen LogP contribution in [0.2, 0.25) is 0 Å². The van der Waals surface area contributed by atoms with E-state index < -0.39 is 10.3 Å². The van der Waals surface area contributed by atoms with Crippen LogP contribution in [-0.2, 0) is 4.79 Å². The SMILES string of the molecule is CC(Br)(CBr)C(=O)O. The fourth-order valence-corrected chi connectivity index (χ4v) is 0.297. The third-order valence-corrected chi connectivity index (χ3v) is 3.19. The quantitative estimate of drug-likeness (QED) is 0.751. The molecule has 0 aliphatic carbocycles. The van der Waals surface area contributed by atoms with E-state index in [1.54, 1.807) is 6.92 Å². The van der Waals surface area contributed by atoms with Gasteiger partial charge in [-0.2, -0.15) is 0 Å². The molecule has 0 saturated carbocycles. The molecule has 0 aromatic heterocycles. The summed E-state index contributed by atoms with van der Waals surface area (Å²) < 4.78 is -0.812. The van der Waals surface area contributed by atoms with Gasteiger partial charge in [-0.15, -0.1) is 0 Å². The molecular weight excluding hydrogens is 240 g/mol. The number of rotatable bonds is 2. The minimum absolute atomic E-state index is 0.412. The van der Waals surface area contributed by atoms with Crippen molar-refractivity contribution >= 4 is 37.8 Å². The largest absolute Gasteiger partial charge is 0.480 e. The summed E-state index contributed by atoms with van der Waals surface area (Å²) in [5, 5.41) is 8.78. The van der Waals surface area contributed by atoms with Crippen LogP contribution in [0.25, 0.3) is 0 Å². The maximum atomic E-state index is 10.2. The molecule has 1 N–H and O–H groups in total. The normalized spacial score (nSPS) is 17.4. The van der Waals surface area contributed by atoms with Crippen molar-refractivity contribution in [3.8, 4) is 0 Å². The average molecular weight is 246 g/mol. The van der Waals surface area contributed by atoms with Crippen molar-refractivity contribution in [2.75, 3.05) is 5.33 Å². The fourth-order valence-electron chi connectivity index (χ4n) is 0.0572. The van der Waals surface area contributed by atoms with E-state index in [4.69, 9.17) is 5.11 Å². The van der Waals surface area contributed by atoms with Crippen LogP contribution < -0.4 is 0 Å². The van der Waals surface area contributed by atoms with Gasteiger partial charge in [-0.3, -0.25) is 4.79 Å². The number of carboxylic acid groups (broad SMARTS) is 1. The van der Waals surface area contributed by atoms with Crippen molar-refractivity contribution in [3.05, 3.63) is 0 Å². The van der Waals surface area contributed by atoms with Gasteiger partial charge >= 0.3 is 5.97 Å². The van der Waals surface area contributed by atoms with Gasteiger partial charge in [0.15, 0.2) is 0 Å². The third-order valence-electron chi connectivity index (χ3n) is 0.697.